The predicted molar refractivity (Wildman–Crippen MR) is 59.6 cm³/mol. The molecule has 72 valence electrons. The third-order valence-electron chi connectivity index (χ3n) is 1.52. The fourth-order valence-corrected chi connectivity index (χ4v) is 1.81. The summed E-state index contributed by atoms with van der Waals surface area (Å²) in [7, 11) is 0. The minimum Gasteiger partial charge on any atom is -0.386 e. The Balaban J connectivity index is 3.05. The van der Waals surface area contributed by atoms with E-state index in [1.165, 1.54) is 0 Å². The van der Waals surface area contributed by atoms with E-state index < -0.39 is 10.9 Å². The first-order chi connectivity index (χ1) is 6.02. The van der Waals surface area contributed by atoms with Gasteiger partial charge in [0, 0.05) is 9.50 Å². The minimum absolute atomic E-state index is 0.534. The van der Waals surface area contributed by atoms with Crippen molar-refractivity contribution in [2.45, 2.75) is 10.9 Å². The van der Waals surface area contributed by atoms with Crippen molar-refractivity contribution in [1.29, 1.82) is 0 Å². The first kappa shape index (κ1) is 11.6. The molecule has 0 aliphatic carbocycles. The molecule has 1 rings (SSSR count). The number of hydrogen-bond acceptors (Lipinski definition) is 1. The third kappa shape index (κ3) is 3.00. The second kappa shape index (κ2) is 4.85. The molecular formula is C8H6BrCl3O. The van der Waals surface area contributed by atoms with Crippen molar-refractivity contribution < 1.29 is 5.11 Å². The molecule has 0 saturated carbocycles. The normalized spacial score (nSPS) is 13.4. The molecule has 0 radical (unpaired) electrons. The Morgan fingerprint density at radius 1 is 1.31 bits per heavy atom. The van der Waals surface area contributed by atoms with Gasteiger partial charge in [-0.3, -0.25) is 0 Å². The average molecular weight is 304 g/mol. The molecule has 0 aliphatic heterocycles. The molecular weight excluding hydrogens is 298 g/mol. The molecule has 0 fully saturated rings. The molecule has 0 spiro atoms. The molecule has 0 saturated heterocycles. The van der Waals surface area contributed by atoms with Gasteiger partial charge in [-0.2, -0.15) is 0 Å². The summed E-state index contributed by atoms with van der Waals surface area (Å²) in [5.41, 5.74) is 0.586. The molecule has 0 bridgehead atoms. The Morgan fingerprint density at radius 3 is 2.46 bits per heavy atom. The van der Waals surface area contributed by atoms with Crippen LogP contribution in [0.5, 0.6) is 0 Å². The topological polar surface area (TPSA) is 20.2 Å². The quantitative estimate of drug-likeness (QED) is 0.821. The van der Waals surface area contributed by atoms with Crippen molar-refractivity contribution in [3.63, 3.8) is 0 Å². The Morgan fingerprint density at radius 2 is 1.92 bits per heavy atom. The Bertz CT molecular complexity index is 303. The van der Waals surface area contributed by atoms with Crippen LogP contribution in [0.25, 0.3) is 0 Å². The number of benzene rings is 1. The maximum Gasteiger partial charge on any atom is 0.137 e. The lowest BCUT2D eigenvalue weighted by molar-refractivity contribution is 0.192. The molecule has 1 aromatic rings. The Kier molecular flexibility index (Phi) is 4.33. The van der Waals surface area contributed by atoms with E-state index in [1.54, 1.807) is 18.2 Å². The zero-order valence-electron chi connectivity index (χ0n) is 6.35. The van der Waals surface area contributed by atoms with Crippen LogP contribution in [0.3, 0.4) is 0 Å². The van der Waals surface area contributed by atoms with E-state index in [2.05, 4.69) is 15.9 Å². The van der Waals surface area contributed by atoms with Gasteiger partial charge in [-0.15, -0.1) is 23.2 Å². The first-order valence-electron chi connectivity index (χ1n) is 3.43. The molecule has 0 amide bonds. The monoisotopic (exact) mass is 302 g/mol. The number of halogens is 4. The van der Waals surface area contributed by atoms with E-state index >= 15 is 0 Å². The maximum atomic E-state index is 9.55. The summed E-state index contributed by atoms with van der Waals surface area (Å²) in [5.74, 6) is 0. The van der Waals surface area contributed by atoms with Gasteiger partial charge in [0.2, 0.25) is 0 Å². The number of alkyl halides is 2. The van der Waals surface area contributed by atoms with Crippen LogP contribution in [0.4, 0.5) is 0 Å². The Hall–Kier alpha value is 0.530. The Labute approximate surface area is 99.7 Å². The number of aliphatic hydroxyl groups is 1. The largest absolute Gasteiger partial charge is 0.386 e. The fourth-order valence-electron chi connectivity index (χ4n) is 0.877. The van der Waals surface area contributed by atoms with Gasteiger partial charge in [-0.25, -0.2) is 0 Å². The van der Waals surface area contributed by atoms with Gasteiger partial charge in [-0.1, -0.05) is 27.5 Å². The van der Waals surface area contributed by atoms with Crippen LogP contribution in [0, 0.1) is 0 Å². The van der Waals surface area contributed by atoms with Crippen LogP contribution in [-0.2, 0) is 0 Å². The van der Waals surface area contributed by atoms with E-state index in [0.717, 1.165) is 4.47 Å². The lowest BCUT2D eigenvalue weighted by atomic mass is 10.1. The van der Waals surface area contributed by atoms with Gasteiger partial charge in [-0.05, 0) is 23.8 Å². The average Bonchev–Trinajstić information content (AvgIpc) is 2.08. The van der Waals surface area contributed by atoms with Gasteiger partial charge in [0.15, 0.2) is 0 Å². The van der Waals surface area contributed by atoms with E-state index in [0.29, 0.717) is 10.6 Å². The molecule has 0 aliphatic rings. The molecule has 1 nitrogen and oxygen atoms in total. The summed E-state index contributed by atoms with van der Waals surface area (Å²) < 4.78 is 0.732. The molecule has 1 aromatic carbocycles. The summed E-state index contributed by atoms with van der Waals surface area (Å²) >= 11 is 20.1. The van der Waals surface area contributed by atoms with Gasteiger partial charge in [0.05, 0.1) is 0 Å². The molecule has 0 aromatic heterocycles. The van der Waals surface area contributed by atoms with Gasteiger partial charge in [0.25, 0.3) is 0 Å². The van der Waals surface area contributed by atoms with Crippen LogP contribution in [0.1, 0.15) is 11.7 Å². The predicted octanol–water partition coefficient (Wildman–Crippen LogP) is 3.94. The fraction of sp³-hybridized carbons (Fsp3) is 0.250. The van der Waals surface area contributed by atoms with Gasteiger partial charge < -0.3 is 5.11 Å². The van der Waals surface area contributed by atoms with Crippen LogP contribution in [0.2, 0.25) is 5.02 Å². The van der Waals surface area contributed by atoms with E-state index in [9.17, 15) is 5.11 Å². The second-order valence-corrected chi connectivity index (χ2v) is 4.90. The number of aliphatic hydroxyl groups excluding tert-OH is 1. The zero-order chi connectivity index (χ0) is 10.0. The number of hydrogen-bond donors (Lipinski definition) is 1. The van der Waals surface area contributed by atoms with E-state index in [1.807, 2.05) is 0 Å². The highest BCUT2D eigenvalue weighted by atomic mass is 79.9. The molecule has 1 N–H and O–H groups in total. The van der Waals surface area contributed by atoms with Crippen LogP contribution in [0.15, 0.2) is 22.7 Å². The van der Waals surface area contributed by atoms with Crippen molar-refractivity contribution in [3.05, 3.63) is 33.3 Å². The van der Waals surface area contributed by atoms with E-state index in [4.69, 9.17) is 34.8 Å². The molecule has 0 heterocycles. The summed E-state index contributed by atoms with van der Waals surface area (Å²) in [5, 5.41) is 10.1. The highest BCUT2D eigenvalue weighted by molar-refractivity contribution is 9.10. The smallest absolute Gasteiger partial charge is 0.137 e. The highest BCUT2D eigenvalue weighted by Gasteiger charge is 2.18. The lowest BCUT2D eigenvalue weighted by Crippen LogP contribution is -2.06. The van der Waals surface area contributed by atoms with Gasteiger partial charge >= 0.3 is 0 Å². The van der Waals surface area contributed by atoms with Crippen molar-refractivity contribution in [2.24, 2.45) is 0 Å². The summed E-state index contributed by atoms with van der Waals surface area (Å²) in [6.07, 6.45) is -0.934. The summed E-state index contributed by atoms with van der Waals surface area (Å²) in [4.78, 5) is -0.866. The molecule has 1 unspecified atom stereocenters. The lowest BCUT2D eigenvalue weighted by Gasteiger charge is -2.13. The zero-order valence-corrected chi connectivity index (χ0v) is 10.2. The van der Waals surface area contributed by atoms with Crippen molar-refractivity contribution in [2.75, 3.05) is 0 Å². The molecule has 5 heteroatoms. The van der Waals surface area contributed by atoms with Crippen LogP contribution < -0.4 is 0 Å². The van der Waals surface area contributed by atoms with Gasteiger partial charge in [0.1, 0.15) is 10.9 Å². The third-order valence-corrected chi connectivity index (χ3v) is 2.95. The van der Waals surface area contributed by atoms with Crippen LogP contribution >= 0.6 is 50.7 Å². The standard InChI is InChI=1S/C8H6BrCl3O/c9-6-2-1-4(10)3-5(6)7(13)8(11)12/h1-3,7-8,13H. The van der Waals surface area contributed by atoms with E-state index in [-0.39, 0.29) is 0 Å². The van der Waals surface area contributed by atoms with Crippen molar-refractivity contribution in [3.8, 4) is 0 Å². The first-order valence-corrected chi connectivity index (χ1v) is 5.48. The molecule has 13 heavy (non-hydrogen) atoms. The van der Waals surface area contributed by atoms with Crippen LogP contribution in [-0.4, -0.2) is 9.94 Å². The second-order valence-electron chi connectivity index (χ2n) is 2.45. The summed E-state index contributed by atoms with van der Waals surface area (Å²) in [6, 6.07) is 5.06. The SMILES string of the molecule is OC(c1cc(Cl)ccc1Br)C(Cl)Cl. The maximum absolute atomic E-state index is 9.55. The van der Waals surface area contributed by atoms with Crippen molar-refractivity contribution >= 4 is 50.7 Å². The van der Waals surface area contributed by atoms with Crippen molar-refractivity contribution in [1.82, 2.24) is 0 Å². The highest BCUT2D eigenvalue weighted by Crippen LogP contribution is 2.31. The minimum atomic E-state index is -0.934. The summed E-state index contributed by atoms with van der Waals surface area (Å²) in [6.45, 7) is 0. The number of rotatable bonds is 2. The molecule has 1 atom stereocenters.